The number of Topliss-reactive ketones (excluding diaryl/α,β-unsaturated/α-hetero) is 1. The molecule has 41 heavy (non-hydrogen) atoms. The van der Waals surface area contributed by atoms with Gasteiger partial charge in [0.2, 0.25) is 6.04 Å². The van der Waals surface area contributed by atoms with Gasteiger partial charge >= 0.3 is 0 Å². The van der Waals surface area contributed by atoms with Gasteiger partial charge < -0.3 is 10.1 Å². The monoisotopic (exact) mass is 618 g/mol. The average Bonchev–Trinajstić information content (AvgIpc) is 3.31. The smallest absolute Gasteiger partial charge is 0.296 e. The second-order valence-electron chi connectivity index (χ2n) is 8.66. The molecule has 1 aromatic heterocycles. The fourth-order valence-electron chi connectivity index (χ4n) is 3.77. The number of benzene rings is 3. The zero-order chi connectivity index (χ0) is 30.1. The molecule has 3 aromatic carbocycles. The van der Waals surface area contributed by atoms with E-state index in [1.165, 1.54) is 13.2 Å². The van der Waals surface area contributed by atoms with Gasteiger partial charge in [0.1, 0.15) is 15.7 Å². The van der Waals surface area contributed by atoms with Crippen molar-refractivity contribution >= 4 is 64.9 Å². The second kappa shape index (κ2) is 11.4. The molecule has 1 unspecified atom stereocenters. The molecule has 4 rings (SSSR count). The maximum absolute atomic E-state index is 12.8. The van der Waals surface area contributed by atoms with Gasteiger partial charge in [0.05, 0.1) is 33.6 Å². The lowest BCUT2D eigenvalue weighted by molar-refractivity contribution is -0.126. The largest absolute Gasteiger partial charge is 0.495 e. The summed E-state index contributed by atoms with van der Waals surface area (Å²) < 4.78 is 71.1. The molecule has 1 heterocycles. The van der Waals surface area contributed by atoms with Crippen molar-refractivity contribution in [2.24, 2.45) is 10.2 Å². The Labute approximate surface area is 238 Å². The molecule has 16 heteroatoms. The molecule has 4 aromatic rings. The Morgan fingerprint density at radius 3 is 2.27 bits per heavy atom. The molecular weight excluding hydrogens is 596 g/mol. The highest BCUT2D eigenvalue weighted by Gasteiger charge is 2.25. The van der Waals surface area contributed by atoms with Gasteiger partial charge in [-0.2, -0.15) is 27.1 Å². The zero-order valence-electron chi connectivity index (χ0n) is 21.6. The van der Waals surface area contributed by atoms with Crippen molar-refractivity contribution in [3.63, 3.8) is 0 Å². The van der Waals surface area contributed by atoms with Crippen molar-refractivity contribution < 1.29 is 40.3 Å². The minimum atomic E-state index is -4.57. The normalized spacial score (nSPS) is 12.9. The van der Waals surface area contributed by atoms with E-state index in [2.05, 4.69) is 20.5 Å². The third kappa shape index (κ3) is 6.63. The number of nitrogens with one attached hydrogen (secondary N) is 1. The van der Waals surface area contributed by atoms with Crippen molar-refractivity contribution in [3.8, 4) is 16.3 Å². The molecule has 0 aliphatic carbocycles. The van der Waals surface area contributed by atoms with E-state index in [0.29, 0.717) is 26.4 Å². The first kappa shape index (κ1) is 29.9. The number of hydrogen-bond donors (Lipinski definition) is 3. The molecule has 0 saturated heterocycles. The number of nitrogens with zero attached hydrogens (tertiary/aromatic N) is 3. The van der Waals surface area contributed by atoms with E-state index in [1.807, 2.05) is 0 Å². The van der Waals surface area contributed by atoms with E-state index in [-0.39, 0.29) is 22.0 Å². The van der Waals surface area contributed by atoms with Gasteiger partial charge in [-0.25, -0.2) is 4.98 Å². The third-order valence-electron chi connectivity index (χ3n) is 5.73. The predicted octanol–water partition coefficient (Wildman–Crippen LogP) is 4.45. The van der Waals surface area contributed by atoms with Crippen LogP contribution in [0, 0.1) is 6.92 Å². The van der Waals surface area contributed by atoms with E-state index in [4.69, 9.17) is 4.74 Å². The van der Waals surface area contributed by atoms with Crippen LogP contribution in [0.2, 0.25) is 0 Å². The minimum Gasteiger partial charge on any atom is -0.495 e. The number of azo groups is 1. The molecule has 13 nitrogen and oxygen atoms in total. The Morgan fingerprint density at radius 1 is 1.00 bits per heavy atom. The van der Waals surface area contributed by atoms with Crippen LogP contribution in [-0.4, -0.2) is 55.8 Å². The van der Waals surface area contributed by atoms with Crippen LogP contribution in [-0.2, 0) is 29.8 Å². The van der Waals surface area contributed by atoms with E-state index in [1.54, 1.807) is 43.3 Å². The van der Waals surface area contributed by atoms with E-state index in [0.717, 1.165) is 30.4 Å². The number of thiazole rings is 1. The van der Waals surface area contributed by atoms with Gasteiger partial charge in [0.15, 0.2) is 5.78 Å². The molecule has 0 spiro atoms. The summed E-state index contributed by atoms with van der Waals surface area (Å²) in [4.78, 5) is 28.8. The number of ketones is 1. The maximum atomic E-state index is 12.8. The van der Waals surface area contributed by atoms with Crippen molar-refractivity contribution in [2.45, 2.75) is 29.7 Å². The number of amides is 1. The number of carbonyl (C=O) groups is 2. The highest BCUT2D eigenvalue weighted by molar-refractivity contribution is 7.86. The Balaban J connectivity index is 1.57. The van der Waals surface area contributed by atoms with Gasteiger partial charge in [0.25, 0.3) is 26.1 Å². The number of methoxy groups -OCH3 is 1. The molecule has 214 valence electrons. The fraction of sp³-hybridized carbons (Fsp3) is 0.160. The van der Waals surface area contributed by atoms with E-state index < -0.39 is 42.9 Å². The number of hydrogen-bond acceptors (Lipinski definition) is 11. The summed E-state index contributed by atoms with van der Waals surface area (Å²) >= 11 is 1.09. The second-order valence-corrected chi connectivity index (χ2v) is 12.4. The molecule has 0 fully saturated rings. The third-order valence-corrected chi connectivity index (χ3v) is 8.89. The lowest BCUT2D eigenvalue weighted by Crippen LogP contribution is -2.32. The van der Waals surface area contributed by atoms with Crippen LogP contribution in [0.4, 0.5) is 11.4 Å². The molecule has 0 aliphatic rings. The van der Waals surface area contributed by atoms with Crippen molar-refractivity contribution in [3.05, 3.63) is 60.2 Å². The molecule has 0 saturated carbocycles. The number of fused-ring (bicyclic) bond motifs is 1. The number of carbonyl (C=O) groups excluding carboxylic acids is 2. The predicted molar refractivity (Wildman–Crippen MR) is 150 cm³/mol. The van der Waals surface area contributed by atoms with Crippen molar-refractivity contribution in [1.29, 1.82) is 0 Å². The lowest BCUT2D eigenvalue weighted by atomic mass is 10.2. The summed E-state index contributed by atoms with van der Waals surface area (Å²) in [7, 11) is -7.74. The van der Waals surface area contributed by atoms with Crippen molar-refractivity contribution in [2.75, 3.05) is 12.4 Å². The van der Waals surface area contributed by atoms with Crippen LogP contribution < -0.4 is 10.1 Å². The van der Waals surface area contributed by atoms with Crippen LogP contribution in [0.5, 0.6) is 5.75 Å². The lowest BCUT2D eigenvalue weighted by Gasteiger charge is -2.13. The van der Waals surface area contributed by atoms with Crippen LogP contribution in [0.1, 0.15) is 12.5 Å². The highest BCUT2D eigenvalue weighted by atomic mass is 32.2. The first-order valence-corrected chi connectivity index (χ1v) is 15.2. The number of aryl methyl sites for hydroxylation is 1. The quantitative estimate of drug-likeness (QED) is 0.137. The molecule has 1 amide bonds. The first-order chi connectivity index (χ1) is 19.2. The average molecular weight is 619 g/mol. The van der Waals surface area contributed by atoms with Gasteiger partial charge in [-0.3, -0.25) is 18.7 Å². The van der Waals surface area contributed by atoms with Crippen LogP contribution in [0.25, 0.3) is 20.8 Å². The number of aromatic nitrogens is 1. The van der Waals surface area contributed by atoms with E-state index >= 15 is 0 Å². The summed E-state index contributed by atoms with van der Waals surface area (Å²) in [5.41, 5.74) is 1.59. The molecule has 3 N–H and O–H groups in total. The fourth-order valence-corrected chi connectivity index (χ4v) is 6.59. The van der Waals surface area contributed by atoms with Crippen molar-refractivity contribution in [1.82, 2.24) is 4.98 Å². The summed E-state index contributed by atoms with van der Waals surface area (Å²) in [6.07, 6.45) is 0. The minimum absolute atomic E-state index is 0.0781. The number of anilines is 1. The summed E-state index contributed by atoms with van der Waals surface area (Å²) in [6.45, 7) is 2.71. The van der Waals surface area contributed by atoms with Crippen LogP contribution in [0.15, 0.2) is 74.6 Å². The molecule has 0 aliphatic heterocycles. The summed E-state index contributed by atoms with van der Waals surface area (Å²) in [5, 5.41) is 10.7. The topological polar surface area (TPSA) is 202 Å². The Kier molecular flexibility index (Phi) is 8.32. The molecule has 1 atom stereocenters. The summed E-state index contributed by atoms with van der Waals surface area (Å²) in [5.74, 6) is -1.48. The summed E-state index contributed by atoms with van der Waals surface area (Å²) in [6, 6.07) is 11.3. The Morgan fingerprint density at radius 2 is 1.68 bits per heavy atom. The first-order valence-electron chi connectivity index (χ1n) is 11.5. The number of ether oxygens (including phenoxy) is 1. The SMILES string of the molecule is COc1ccc(S(=O)(=O)O)cc1NC(=O)C(N=Nc1ccc(-c2nc3ccc(C)c(S(=O)(=O)O)c3s2)cc1)C(C)=O. The standard InChI is InChI=1S/C25H22N4O9S3/c1-13-4-10-18-22(23(13)41(35,36)37)39-25(27-18)15-5-7-16(8-6-15)28-29-21(14(2)30)24(31)26-19-12-17(40(32,33)34)9-11-20(19)38-3/h4-12,21H,1-3H3,(H,26,31)(H,32,33,34)(H,35,36,37). The maximum Gasteiger partial charge on any atom is 0.296 e. The Hall–Kier alpha value is -4.09. The van der Waals surface area contributed by atoms with Gasteiger partial charge in [0, 0.05) is 5.56 Å². The van der Waals surface area contributed by atoms with Crippen LogP contribution in [0.3, 0.4) is 0 Å². The van der Waals surface area contributed by atoms with Gasteiger partial charge in [-0.05, 0) is 67.9 Å². The van der Waals surface area contributed by atoms with E-state index in [9.17, 15) is 35.5 Å². The van der Waals surface area contributed by atoms with Gasteiger partial charge in [-0.1, -0.05) is 6.07 Å². The molecule has 0 radical (unpaired) electrons. The molecule has 0 bridgehead atoms. The van der Waals surface area contributed by atoms with Crippen LogP contribution >= 0.6 is 11.3 Å². The molecular formula is C25H22N4O9S3. The highest BCUT2D eigenvalue weighted by Crippen LogP contribution is 2.36. The Bertz CT molecular complexity index is 1920. The van der Waals surface area contributed by atoms with Gasteiger partial charge in [-0.15, -0.1) is 11.3 Å². The number of rotatable bonds is 9. The zero-order valence-corrected chi connectivity index (χ0v) is 24.0.